The number of amides is 1. The quantitative estimate of drug-likeness (QED) is 0.765. The van der Waals surface area contributed by atoms with Crippen molar-refractivity contribution in [2.75, 3.05) is 26.2 Å². The molecule has 21 heavy (non-hydrogen) atoms. The van der Waals surface area contributed by atoms with Crippen LogP contribution in [0.4, 0.5) is 0 Å². The van der Waals surface area contributed by atoms with Crippen LogP contribution in [0.2, 0.25) is 0 Å². The van der Waals surface area contributed by atoms with Crippen LogP contribution < -0.4 is 11.1 Å². The summed E-state index contributed by atoms with van der Waals surface area (Å²) in [6, 6.07) is 0.440. The van der Waals surface area contributed by atoms with Gasteiger partial charge in [-0.1, -0.05) is 32.1 Å². The molecular formula is C17H33N3O. The summed E-state index contributed by atoms with van der Waals surface area (Å²) in [5.41, 5.74) is 5.69. The summed E-state index contributed by atoms with van der Waals surface area (Å²) < 4.78 is 0. The van der Waals surface area contributed by atoms with Crippen LogP contribution in [-0.2, 0) is 4.79 Å². The Labute approximate surface area is 129 Å². The highest BCUT2D eigenvalue weighted by Gasteiger charge is 2.37. The van der Waals surface area contributed by atoms with E-state index in [0.29, 0.717) is 12.6 Å². The monoisotopic (exact) mass is 295 g/mol. The molecule has 1 aliphatic heterocycles. The minimum atomic E-state index is -0.294. The maximum absolute atomic E-state index is 12.7. The van der Waals surface area contributed by atoms with Gasteiger partial charge in [-0.15, -0.1) is 0 Å². The summed E-state index contributed by atoms with van der Waals surface area (Å²) in [6.45, 7) is 5.85. The van der Waals surface area contributed by atoms with E-state index in [-0.39, 0.29) is 11.3 Å². The molecule has 0 radical (unpaired) electrons. The van der Waals surface area contributed by atoms with E-state index in [9.17, 15) is 4.79 Å². The number of nitrogens with zero attached hydrogens (tertiary/aromatic N) is 1. The van der Waals surface area contributed by atoms with Gasteiger partial charge in [0.05, 0.1) is 5.41 Å². The summed E-state index contributed by atoms with van der Waals surface area (Å²) in [5, 5.41) is 3.21. The van der Waals surface area contributed by atoms with Gasteiger partial charge in [0.1, 0.15) is 0 Å². The zero-order valence-electron chi connectivity index (χ0n) is 13.7. The first-order valence-electron chi connectivity index (χ1n) is 8.90. The molecule has 4 heteroatoms. The lowest BCUT2D eigenvalue weighted by atomic mass is 9.79. The molecule has 2 rings (SSSR count). The Morgan fingerprint density at radius 2 is 1.67 bits per heavy atom. The van der Waals surface area contributed by atoms with Crippen molar-refractivity contribution in [2.45, 2.75) is 70.8 Å². The maximum Gasteiger partial charge on any atom is 0.227 e. The van der Waals surface area contributed by atoms with Gasteiger partial charge in [-0.3, -0.25) is 9.69 Å². The summed E-state index contributed by atoms with van der Waals surface area (Å²) >= 11 is 0. The van der Waals surface area contributed by atoms with Crippen LogP contribution in [0, 0.1) is 5.41 Å². The van der Waals surface area contributed by atoms with Crippen LogP contribution in [0.15, 0.2) is 0 Å². The van der Waals surface area contributed by atoms with E-state index < -0.39 is 0 Å². The molecule has 1 aliphatic carbocycles. The van der Waals surface area contributed by atoms with Crippen LogP contribution in [0.1, 0.15) is 64.7 Å². The van der Waals surface area contributed by atoms with E-state index in [0.717, 1.165) is 32.2 Å². The fraction of sp³-hybridized carbons (Fsp3) is 0.941. The second kappa shape index (κ2) is 8.14. The van der Waals surface area contributed by atoms with Crippen LogP contribution in [0.25, 0.3) is 0 Å². The molecule has 0 aromatic rings. The molecule has 4 nitrogen and oxygen atoms in total. The predicted octanol–water partition coefficient (Wildman–Crippen LogP) is 2.28. The molecule has 0 bridgehead atoms. The minimum absolute atomic E-state index is 0.204. The third-order valence-corrected chi connectivity index (χ3v) is 5.51. The Morgan fingerprint density at radius 1 is 1.10 bits per heavy atom. The van der Waals surface area contributed by atoms with E-state index in [1.54, 1.807) is 0 Å². The zero-order valence-corrected chi connectivity index (χ0v) is 13.7. The average molecular weight is 295 g/mol. The molecule has 1 amide bonds. The summed E-state index contributed by atoms with van der Waals surface area (Å²) in [7, 11) is 0. The second-order valence-electron chi connectivity index (χ2n) is 7.05. The van der Waals surface area contributed by atoms with Gasteiger partial charge in [0.25, 0.3) is 0 Å². The van der Waals surface area contributed by atoms with E-state index in [2.05, 4.69) is 17.1 Å². The number of carbonyl (C=O) groups is 1. The Balaban J connectivity index is 1.83. The predicted molar refractivity (Wildman–Crippen MR) is 87.1 cm³/mol. The number of hydrogen-bond acceptors (Lipinski definition) is 3. The Hall–Kier alpha value is -0.610. The first kappa shape index (κ1) is 16.8. The number of rotatable bonds is 5. The van der Waals surface area contributed by atoms with E-state index >= 15 is 0 Å². The average Bonchev–Trinajstić information content (AvgIpc) is 2.79. The number of nitrogens with two attached hydrogens (primary N) is 1. The van der Waals surface area contributed by atoms with Gasteiger partial charge in [-0.05, 0) is 45.7 Å². The van der Waals surface area contributed by atoms with Crippen LogP contribution in [-0.4, -0.2) is 43.0 Å². The molecule has 0 spiro atoms. The van der Waals surface area contributed by atoms with Crippen molar-refractivity contribution in [2.24, 2.45) is 11.1 Å². The number of nitrogens with one attached hydrogen (secondary N) is 1. The third kappa shape index (κ3) is 4.43. The highest BCUT2D eigenvalue weighted by Crippen LogP contribution is 2.34. The fourth-order valence-electron chi connectivity index (χ4n) is 3.85. The number of likely N-dealkylation sites (tertiary alicyclic amines) is 1. The zero-order chi connectivity index (χ0) is 15.1. The molecule has 3 N–H and O–H groups in total. The second-order valence-corrected chi connectivity index (χ2v) is 7.05. The Morgan fingerprint density at radius 3 is 2.24 bits per heavy atom. The van der Waals surface area contributed by atoms with Crippen molar-refractivity contribution in [3.8, 4) is 0 Å². The summed E-state index contributed by atoms with van der Waals surface area (Å²) in [6.07, 6.45) is 10.7. The molecule has 1 atom stereocenters. The highest BCUT2D eigenvalue weighted by molar-refractivity contribution is 5.83. The molecular weight excluding hydrogens is 262 g/mol. The van der Waals surface area contributed by atoms with Gasteiger partial charge >= 0.3 is 0 Å². The first-order valence-corrected chi connectivity index (χ1v) is 8.90. The van der Waals surface area contributed by atoms with Crippen molar-refractivity contribution < 1.29 is 4.79 Å². The topological polar surface area (TPSA) is 58.4 Å². The maximum atomic E-state index is 12.7. The van der Waals surface area contributed by atoms with Crippen molar-refractivity contribution in [3.63, 3.8) is 0 Å². The lowest BCUT2D eigenvalue weighted by molar-refractivity contribution is -0.131. The Bertz CT molecular complexity index is 318. The van der Waals surface area contributed by atoms with Gasteiger partial charge in [-0.2, -0.15) is 0 Å². The van der Waals surface area contributed by atoms with E-state index in [1.165, 1.54) is 45.2 Å². The van der Waals surface area contributed by atoms with Gasteiger partial charge in [0.15, 0.2) is 0 Å². The fourth-order valence-corrected chi connectivity index (χ4v) is 3.85. The molecule has 1 saturated carbocycles. The molecule has 2 fully saturated rings. The molecule has 0 aromatic heterocycles. The van der Waals surface area contributed by atoms with Crippen molar-refractivity contribution in [1.82, 2.24) is 10.2 Å². The number of hydrogen-bond donors (Lipinski definition) is 2. The largest absolute Gasteiger partial charge is 0.354 e. The summed E-state index contributed by atoms with van der Waals surface area (Å²) in [5.74, 6) is 0.204. The van der Waals surface area contributed by atoms with Crippen molar-refractivity contribution in [3.05, 3.63) is 0 Å². The SMILES string of the molecule is CC(CNC(=O)C1(CN)CCCCCC1)N1CCCCC1. The van der Waals surface area contributed by atoms with Crippen LogP contribution in [0.5, 0.6) is 0 Å². The molecule has 122 valence electrons. The number of piperidine rings is 1. The summed E-state index contributed by atoms with van der Waals surface area (Å²) in [4.78, 5) is 15.2. The third-order valence-electron chi connectivity index (χ3n) is 5.51. The van der Waals surface area contributed by atoms with Crippen LogP contribution in [0.3, 0.4) is 0 Å². The highest BCUT2D eigenvalue weighted by atomic mass is 16.2. The lowest BCUT2D eigenvalue weighted by Gasteiger charge is -2.34. The molecule has 2 aliphatic rings. The standard InChI is InChI=1S/C17H33N3O/c1-15(20-11-7-4-8-12-20)13-19-16(21)17(14-18)9-5-2-3-6-10-17/h15H,2-14,18H2,1H3,(H,19,21). The number of carbonyl (C=O) groups excluding carboxylic acids is 1. The minimum Gasteiger partial charge on any atom is -0.354 e. The normalized spacial score (nSPS) is 25.0. The van der Waals surface area contributed by atoms with E-state index in [1.807, 2.05) is 0 Å². The van der Waals surface area contributed by atoms with Gasteiger partial charge in [0.2, 0.25) is 5.91 Å². The van der Waals surface area contributed by atoms with Gasteiger partial charge in [-0.25, -0.2) is 0 Å². The van der Waals surface area contributed by atoms with Gasteiger partial charge in [0, 0.05) is 19.1 Å². The lowest BCUT2D eigenvalue weighted by Crippen LogP contribution is -2.50. The molecule has 1 unspecified atom stereocenters. The first-order chi connectivity index (χ1) is 10.2. The smallest absolute Gasteiger partial charge is 0.227 e. The van der Waals surface area contributed by atoms with Crippen molar-refractivity contribution >= 4 is 5.91 Å². The molecule has 1 saturated heterocycles. The molecule has 1 heterocycles. The van der Waals surface area contributed by atoms with Gasteiger partial charge < -0.3 is 11.1 Å². The van der Waals surface area contributed by atoms with Crippen LogP contribution >= 0.6 is 0 Å². The molecule has 0 aromatic carbocycles. The van der Waals surface area contributed by atoms with E-state index in [4.69, 9.17) is 5.73 Å². The Kier molecular flexibility index (Phi) is 6.49. The van der Waals surface area contributed by atoms with Crippen molar-refractivity contribution in [1.29, 1.82) is 0 Å².